The highest BCUT2D eigenvalue weighted by Crippen LogP contribution is 2.31. The number of benzene rings is 1. The summed E-state index contributed by atoms with van der Waals surface area (Å²) in [6.07, 6.45) is 7.20. The fraction of sp³-hybridized carbons (Fsp3) is 0.520. The Morgan fingerprint density at radius 1 is 1.16 bits per heavy atom. The topological polar surface area (TPSA) is 58.8 Å². The van der Waals surface area contributed by atoms with Crippen LogP contribution >= 0.6 is 0 Å². The lowest BCUT2D eigenvalue weighted by atomic mass is 10.0. The third-order valence-electron chi connectivity index (χ3n) is 7.37. The standard InChI is InChI=1S/C25H32N4O2/c1-16(2)27-13-12-19(27)14-26-24(30)22-15-28(18-8-4-5-9-18)25(31)23-17(3)20-10-6-7-11-21(20)29(22)23/h6-7,10-11,15-16,18-19H,4-5,8-9,12-14H2,1-3H3,(H,26,30). The Labute approximate surface area is 182 Å². The van der Waals surface area contributed by atoms with Crippen LogP contribution in [0.4, 0.5) is 0 Å². The van der Waals surface area contributed by atoms with Gasteiger partial charge in [-0.15, -0.1) is 0 Å². The molecule has 1 N–H and O–H groups in total. The van der Waals surface area contributed by atoms with E-state index in [1.165, 1.54) is 0 Å². The average Bonchev–Trinajstić information content (AvgIpc) is 3.35. The molecule has 6 heteroatoms. The molecule has 1 amide bonds. The summed E-state index contributed by atoms with van der Waals surface area (Å²) in [5, 5.41) is 4.20. The Balaban J connectivity index is 1.60. The number of aromatic nitrogens is 2. The molecule has 3 heterocycles. The molecule has 6 nitrogen and oxygen atoms in total. The summed E-state index contributed by atoms with van der Waals surface area (Å²) in [5.74, 6) is -0.104. The largest absolute Gasteiger partial charge is 0.349 e. The van der Waals surface area contributed by atoms with Crippen molar-refractivity contribution in [2.45, 2.75) is 71.0 Å². The van der Waals surface area contributed by atoms with Gasteiger partial charge < -0.3 is 9.88 Å². The van der Waals surface area contributed by atoms with E-state index in [0.29, 0.717) is 29.8 Å². The van der Waals surface area contributed by atoms with E-state index in [9.17, 15) is 9.59 Å². The summed E-state index contributed by atoms with van der Waals surface area (Å²) < 4.78 is 3.72. The lowest BCUT2D eigenvalue weighted by Crippen LogP contribution is -2.56. The van der Waals surface area contributed by atoms with Crippen LogP contribution in [0.15, 0.2) is 35.3 Å². The number of fused-ring (bicyclic) bond motifs is 3. The molecule has 2 aliphatic rings. The molecule has 5 rings (SSSR count). The first kappa shape index (κ1) is 20.3. The first-order valence-corrected chi connectivity index (χ1v) is 11.7. The molecule has 2 fully saturated rings. The minimum atomic E-state index is -0.104. The monoisotopic (exact) mass is 420 g/mol. The van der Waals surface area contributed by atoms with Crippen LogP contribution < -0.4 is 10.9 Å². The van der Waals surface area contributed by atoms with Crippen molar-refractivity contribution in [3.05, 3.63) is 52.1 Å². The quantitative estimate of drug-likeness (QED) is 0.681. The van der Waals surface area contributed by atoms with Crippen LogP contribution in [-0.4, -0.2) is 44.9 Å². The average molecular weight is 421 g/mol. The minimum absolute atomic E-state index is 0.0159. The number of likely N-dealkylation sites (tertiary alicyclic amines) is 1. The Bertz CT molecular complexity index is 1200. The summed E-state index contributed by atoms with van der Waals surface area (Å²) in [7, 11) is 0. The highest BCUT2D eigenvalue weighted by molar-refractivity contribution is 5.99. The number of aryl methyl sites for hydroxylation is 1. The maximum atomic E-state index is 13.5. The summed E-state index contributed by atoms with van der Waals surface area (Å²) in [6, 6.07) is 9.05. The molecule has 1 aliphatic carbocycles. The van der Waals surface area contributed by atoms with E-state index >= 15 is 0 Å². The van der Waals surface area contributed by atoms with Crippen molar-refractivity contribution in [3.8, 4) is 0 Å². The first-order valence-electron chi connectivity index (χ1n) is 11.7. The summed E-state index contributed by atoms with van der Waals surface area (Å²) in [4.78, 5) is 29.4. The van der Waals surface area contributed by atoms with Gasteiger partial charge in [0, 0.05) is 42.8 Å². The van der Waals surface area contributed by atoms with Gasteiger partial charge in [0.25, 0.3) is 11.5 Å². The van der Waals surface area contributed by atoms with Crippen LogP contribution in [0.3, 0.4) is 0 Å². The molecule has 0 bridgehead atoms. The van der Waals surface area contributed by atoms with E-state index in [4.69, 9.17) is 0 Å². The number of carbonyl (C=O) groups is 1. The van der Waals surface area contributed by atoms with Crippen molar-refractivity contribution in [1.82, 2.24) is 19.2 Å². The van der Waals surface area contributed by atoms with Crippen LogP contribution in [0.2, 0.25) is 0 Å². The predicted octanol–water partition coefficient (Wildman–Crippen LogP) is 3.89. The third-order valence-corrected chi connectivity index (χ3v) is 7.37. The van der Waals surface area contributed by atoms with Gasteiger partial charge in [-0.05, 0) is 51.7 Å². The molecule has 1 aromatic carbocycles. The van der Waals surface area contributed by atoms with E-state index in [0.717, 1.165) is 55.1 Å². The zero-order chi connectivity index (χ0) is 21.7. The van der Waals surface area contributed by atoms with Gasteiger partial charge in [0.15, 0.2) is 0 Å². The first-order chi connectivity index (χ1) is 15.0. The van der Waals surface area contributed by atoms with E-state index < -0.39 is 0 Å². The highest BCUT2D eigenvalue weighted by Gasteiger charge is 2.31. The Kier molecular flexibility index (Phi) is 5.13. The van der Waals surface area contributed by atoms with Crippen LogP contribution in [0.1, 0.15) is 68.0 Å². The molecular formula is C25H32N4O2. The fourth-order valence-corrected chi connectivity index (χ4v) is 5.55. The highest BCUT2D eigenvalue weighted by atomic mass is 16.2. The van der Waals surface area contributed by atoms with E-state index in [-0.39, 0.29) is 17.5 Å². The van der Waals surface area contributed by atoms with Crippen LogP contribution in [0.5, 0.6) is 0 Å². The molecule has 0 spiro atoms. The van der Waals surface area contributed by atoms with Crippen molar-refractivity contribution >= 4 is 22.3 Å². The maximum absolute atomic E-state index is 13.5. The second-order valence-electron chi connectivity index (χ2n) is 9.48. The number of nitrogens with one attached hydrogen (secondary N) is 1. The smallest absolute Gasteiger partial charge is 0.275 e. The van der Waals surface area contributed by atoms with E-state index in [1.54, 1.807) is 0 Å². The molecule has 1 aliphatic heterocycles. The molecule has 1 saturated heterocycles. The van der Waals surface area contributed by atoms with Gasteiger partial charge >= 0.3 is 0 Å². The SMILES string of the molecule is Cc1c2ccccc2n2c(C(=O)NCC3CCN3C(C)C)cn(C3CCCC3)c(=O)c12. The number of para-hydroxylation sites is 1. The second-order valence-corrected chi connectivity index (χ2v) is 9.48. The van der Waals surface area contributed by atoms with Gasteiger partial charge in [0.05, 0.1) is 5.52 Å². The normalized spacial score (nSPS) is 20.1. The molecular weight excluding hydrogens is 388 g/mol. The number of rotatable bonds is 5. The number of hydrogen-bond donors (Lipinski definition) is 1. The van der Waals surface area contributed by atoms with Crippen LogP contribution in [0, 0.1) is 6.92 Å². The van der Waals surface area contributed by atoms with E-state index in [2.05, 4.69) is 24.1 Å². The Morgan fingerprint density at radius 3 is 2.58 bits per heavy atom. The van der Waals surface area contributed by atoms with Gasteiger partial charge in [-0.2, -0.15) is 0 Å². The van der Waals surface area contributed by atoms with Crippen molar-refractivity contribution in [3.63, 3.8) is 0 Å². The van der Waals surface area contributed by atoms with Crippen molar-refractivity contribution in [2.24, 2.45) is 0 Å². The van der Waals surface area contributed by atoms with Gasteiger partial charge in [-0.1, -0.05) is 31.0 Å². The van der Waals surface area contributed by atoms with Gasteiger partial charge in [0.1, 0.15) is 11.2 Å². The van der Waals surface area contributed by atoms with Gasteiger partial charge in [0.2, 0.25) is 0 Å². The predicted molar refractivity (Wildman–Crippen MR) is 124 cm³/mol. The molecule has 164 valence electrons. The Hall–Kier alpha value is -2.60. The van der Waals surface area contributed by atoms with Gasteiger partial charge in [-0.25, -0.2) is 0 Å². The zero-order valence-electron chi connectivity index (χ0n) is 18.7. The number of amides is 1. The number of nitrogens with zero attached hydrogens (tertiary/aromatic N) is 3. The lowest BCUT2D eigenvalue weighted by Gasteiger charge is -2.44. The molecule has 2 aromatic heterocycles. The summed E-state index contributed by atoms with van der Waals surface area (Å²) in [6.45, 7) is 8.12. The molecule has 3 aromatic rings. The third kappa shape index (κ3) is 3.28. The molecule has 1 atom stereocenters. The fourth-order valence-electron chi connectivity index (χ4n) is 5.55. The zero-order valence-corrected chi connectivity index (χ0v) is 18.7. The molecule has 1 saturated carbocycles. The van der Waals surface area contributed by atoms with Crippen molar-refractivity contribution in [2.75, 3.05) is 13.1 Å². The van der Waals surface area contributed by atoms with Crippen LogP contribution in [0.25, 0.3) is 16.4 Å². The Morgan fingerprint density at radius 2 is 1.90 bits per heavy atom. The summed E-state index contributed by atoms with van der Waals surface area (Å²) >= 11 is 0. The van der Waals surface area contributed by atoms with Crippen molar-refractivity contribution in [1.29, 1.82) is 0 Å². The van der Waals surface area contributed by atoms with Gasteiger partial charge in [-0.3, -0.25) is 18.9 Å². The number of carbonyl (C=O) groups excluding carboxylic acids is 1. The molecule has 1 unspecified atom stereocenters. The van der Waals surface area contributed by atoms with Crippen molar-refractivity contribution < 1.29 is 4.79 Å². The van der Waals surface area contributed by atoms with Crippen LogP contribution in [-0.2, 0) is 0 Å². The molecule has 0 radical (unpaired) electrons. The number of hydrogen-bond acceptors (Lipinski definition) is 3. The minimum Gasteiger partial charge on any atom is -0.349 e. The van der Waals surface area contributed by atoms with E-state index in [1.807, 2.05) is 46.4 Å². The molecule has 31 heavy (non-hydrogen) atoms. The lowest BCUT2D eigenvalue weighted by molar-refractivity contribution is 0.0538. The second kappa shape index (κ2) is 7.83. The maximum Gasteiger partial charge on any atom is 0.275 e. The summed E-state index contributed by atoms with van der Waals surface area (Å²) in [5.41, 5.74) is 3.08.